The van der Waals surface area contributed by atoms with Crippen molar-refractivity contribution < 1.29 is 5.11 Å². The number of nitrogens with zero attached hydrogens (tertiary/aromatic N) is 2. The van der Waals surface area contributed by atoms with E-state index >= 15 is 0 Å². The Balaban J connectivity index is 2.53. The second-order valence-electron chi connectivity index (χ2n) is 2.57. The van der Waals surface area contributed by atoms with Gasteiger partial charge in [-0.15, -0.1) is 0 Å². The van der Waals surface area contributed by atoms with Gasteiger partial charge < -0.3 is 5.11 Å². The van der Waals surface area contributed by atoms with Crippen LogP contribution in [-0.4, -0.2) is 14.9 Å². The minimum atomic E-state index is 0.142. The molecule has 3 nitrogen and oxygen atoms in total. The summed E-state index contributed by atoms with van der Waals surface area (Å²) in [7, 11) is 0. The van der Waals surface area contributed by atoms with Crippen LogP contribution in [0.15, 0.2) is 41.1 Å². The highest BCUT2D eigenvalue weighted by Gasteiger charge is 2.06. The summed E-state index contributed by atoms with van der Waals surface area (Å²) in [5.74, 6) is 0.142. The van der Waals surface area contributed by atoms with Crippen LogP contribution in [0.4, 0.5) is 0 Å². The Morgan fingerprint density at radius 2 is 1.92 bits per heavy atom. The number of benzene rings is 1. The van der Waals surface area contributed by atoms with Crippen molar-refractivity contribution in [3.63, 3.8) is 0 Å². The molecule has 1 heterocycles. The average molecular weight is 239 g/mol. The van der Waals surface area contributed by atoms with Crippen LogP contribution in [-0.2, 0) is 0 Å². The maximum Gasteiger partial charge on any atom is 0.168 e. The van der Waals surface area contributed by atoms with Crippen LogP contribution in [0.2, 0.25) is 0 Å². The monoisotopic (exact) mass is 238 g/mol. The highest BCUT2D eigenvalue weighted by atomic mass is 79.9. The van der Waals surface area contributed by atoms with Crippen LogP contribution < -0.4 is 0 Å². The molecule has 2 aromatic rings. The first-order valence-electron chi connectivity index (χ1n) is 3.77. The fourth-order valence-electron chi connectivity index (χ4n) is 1.07. The molecule has 1 aromatic heterocycles. The van der Waals surface area contributed by atoms with E-state index in [1.807, 2.05) is 30.3 Å². The first-order chi connectivity index (χ1) is 6.29. The molecule has 0 saturated carbocycles. The van der Waals surface area contributed by atoms with Crippen molar-refractivity contribution in [1.29, 1.82) is 0 Å². The number of aromatic nitrogens is 2. The van der Waals surface area contributed by atoms with Crippen molar-refractivity contribution in [3.05, 3.63) is 41.1 Å². The molecule has 1 aromatic carbocycles. The molecular formula is C9H7BrN2O. The smallest absolute Gasteiger partial charge is 0.168 e. The number of hydrogen-bond donors (Lipinski definition) is 1. The van der Waals surface area contributed by atoms with Crippen molar-refractivity contribution >= 4 is 15.9 Å². The van der Waals surface area contributed by atoms with E-state index in [1.54, 1.807) is 4.68 Å². The van der Waals surface area contributed by atoms with E-state index in [-0.39, 0.29) is 5.75 Å². The topological polar surface area (TPSA) is 38.1 Å². The summed E-state index contributed by atoms with van der Waals surface area (Å²) in [5.41, 5.74) is 0.912. The predicted molar refractivity (Wildman–Crippen MR) is 52.9 cm³/mol. The molecule has 0 bridgehead atoms. The predicted octanol–water partition coefficient (Wildman–Crippen LogP) is 2.34. The fraction of sp³-hybridized carbons (Fsp3) is 0. The maximum atomic E-state index is 9.27. The van der Waals surface area contributed by atoms with Gasteiger partial charge in [0.25, 0.3) is 0 Å². The van der Waals surface area contributed by atoms with E-state index in [2.05, 4.69) is 21.0 Å². The minimum absolute atomic E-state index is 0.142. The van der Waals surface area contributed by atoms with Crippen LogP contribution in [0.1, 0.15) is 0 Å². The molecule has 0 aliphatic heterocycles. The summed E-state index contributed by atoms with van der Waals surface area (Å²) < 4.78 is 2.19. The first-order valence-corrected chi connectivity index (χ1v) is 4.56. The summed E-state index contributed by atoms with van der Waals surface area (Å²) >= 11 is 3.24. The SMILES string of the molecule is Oc1cnn(-c2ccccc2)c1Br. The van der Waals surface area contributed by atoms with Crippen LogP contribution in [0.25, 0.3) is 5.69 Å². The van der Waals surface area contributed by atoms with Crippen molar-refractivity contribution in [2.45, 2.75) is 0 Å². The van der Waals surface area contributed by atoms with Gasteiger partial charge in [0, 0.05) is 0 Å². The Hall–Kier alpha value is -1.29. The second-order valence-corrected chi connectivity index (χ2v) is 3.32. The van der Waals surface area contributed by atoms with Crippen LogP contribution in [0.5, 0.6) is 5.75 Å². The van der Waals surface area contributed by atoms with E-state index in [0.29, 0.717) is 4.60 Å². The molecule has 0 aliphatic carbocycles. The molecule has 0 fully saturated rings. The summed E-state index contributed by atoms with van der Waals surface area (Å²) in [6.45, 7) is 0. The summed E-state index contributed by atoms with van der Waals surface area (Å²) in [6.07, 6.45) is 1.40. The fourth-order valence-corrected chi connectivity index (χ4v) is 1.47. The number of halogens is 1. The zero-order valence-corrected chi connectivity index (χ0v) is 8.27. The van der Waals surface area contributed by atoms with Crippen molar-refractivity contribution in [2.75, 3.05) is 0 Å². The molecule has 13 heavy (non-hydrogen) atoms. The second kappa shape index (κ2) is 3.22. The van der Waals surface area contributed by atoms with Gasteiger partial charge in [-0.05, 0) is 28.1 Å². The summed E-state index contributed by atoms with van der Waals surface area (Å²) in [5, 5.41) is 13.3. The lowest BCUT2D eigenvalue weighted by atomic mass is 10.3. The highest BCUT2D eigenvalue weighted by Crippen LogP contribution is 2.25. The van der Waals surface area contributed by atoms with Gasteiger partial charge in [0.05, 0.1) is 11.9 Å². The lowest BCUT2D eigenvalue weighted by Crippen LogP contribution is -1.94. The largest absolute Gasteiger partial charge is 0.504 e. The number of para-hydroxylation sites is 1. The third-order valence-electron chi connectivity index (χ3n) is 1.69. The molecule has 0 amide bonds. The van der Waals surface area contributed by atoms with E-state index in [1.165, 1.54) is 6.20 Å². The Morgan fingerprint density at radius 1 is 1.23 bits per heavy atom. The zero-order chi connectivity index (χ0) is 9.26. The minimum Gasteiger partial charge on any atom is -0.504 e. The van der Waals surface area contributed by atoms with Gasteiger partial charge in [-0.3, -0.25) is 0 Å². The quantitative estimate of drug-likeness (QED) is 0.829. The number of aromatic hydroxyl groups is 1. The van der Waals surface area contributed by atoms with E-state index in [0.717, 1.165) is 5.69 Å². The molecule has 0 spiro atoms. The van der Waals surface area contributed by atoms with Crippen molar-refractivity contribution in [3.8, 4) is 11.4 Å². The van der Waals surface area contributed by atoms with Crippen LogP contribution in [0.3, 0.4) is 0 Å². The van der Waals surface area contributed by atoms with Gasteiger partial charge >= 0.3 is 0 Å². The third-order valence-corrected chi connectivity index (χ3v) is 2.44. The molecule has 66 valence electrons. The Morgan fingerprint density at radius 3 is 2.46 bits per heavy atom. The van der Waals surface area contributed by atoms with E-state index in [4.69, 9.17) is 0 Å². The van der Waals surface area contributed by atoms with Crippen molar-refractivity contribution in [2.24, 2.45) is 0 Å². The van der Waals surface area contributed by atoms with Gasteiger partial charge in [0.1, 0.15) is 0 Å². The van der Waals surface area contributed by atoms with Gasteiger partial charge in [-0.2, -0.15) is 5.10 Å². The molecular weight excluding hydrogens is 232 g/mol. The van der Waals surface area contributed by atoms with Crippen molar-refractivity contribution in [1.82, 2.24) is 9.78 Å². The molecule has 4 heteroatoms. The van der Waals surface area contributed by atoms with E-state index in [9.17, 15) is 5.11 Å². The summed E-state index contributed by atoms with van der Waals surface area (Å²) in [4.78, 5) is 0. The van der Waals surface area contributed by atoms with Gasteiger partial charge in [-0.1, -0.05) is 18.2 Å². The third kappa shape index (κ3) is 1.45. The normalized spacial score (nSPS) is 10.2. The Kier molecular flexibility index (Phi) is 2.06. The molecule has 0 aliphatic rings. The van der Waals surface area contributed by atoms with Gasteiger partial charge in [0.2, 0.25) is 0 Å². The number of hydrogen-bond acceptors (Lipinski definition) is 2. The zero-order valence-electron chi connectivity index (χ0n) is 6.68. The highest BCUT2D eigenvalue weighted by molar-refractivity contribution is 9.10. The molecule has 0 radical (unpaired) electrons. The molecule has 1 N–H and O–H groups in total. The Labute approximate surface area is 83.8 Å². The lowest BCUT2D eigenvalue weighted by Gasteiger charge is -2.01. The maximum absolute atomic E-state index is 9.27. The molecule has 0 atom stereocenters. The first kappa shape index (κ1) is 8.31. The lowest BCUT2D eigenvalue weighted by molar-refractivity contribution is 0.471. The van der Waals surface area contributed by atoms with Gasteiger partial charge in [0.15, 0.2) is 10.4 Å². The van der Waals surface area contributed by atoms with Crippen LogP contribution >= 0.6 is 15.9 Å². The molecule has 0 saturated heterocycles. The number of rotatable bonds is 1. The Bertz CT molecular complexity index is 411. The van der Waals surface area contributed by atoms with Gasteiger partial charge in [-0.25, -0.2) is 4.68 Å². The summed E-state index contributed by atoms with van der Waals surface area (Å²) in [6, 6.07) is 9.59. The molecule has 0 unspecified atom stereocenters. The molecule has 2 rings (SSSR count). The standard InChI is InChI=1S/C9H7BrN2O/c10-9-8(13)6-11-12(9)7-4-2-1-3-5-7/h1-6,13H. The van der Waals surface area contributed by atoms with Crippen LogP contribution in [0, 0.1) is 0 Å². The average Bonchev–Trinajstić information content (AvgIpc) is 2.49. The van der Waals surface area contributed by atoms with E-state index < -0.39 is 0 Å².